The number of carbonyl (C=O) groups is 2. The number of piperidine rings is 1. The molecule has 2 N–H and O–H groups in total. The van der Waals surface area contributed by atoms with Gasteiger partial charge in [-0.15, -0.1) is 24.2 Å². The van der Waals surface area contributed by atoms with Crippen LogP contribution in [0, 0.1) is 5.92 Å². The number of amides is 2. The van der Waals surface area contributed by atoms with Gasteiger partial charge in [-0.3, -0.25) is 9.59 Å². The predicted molar refractivity (Wildman–Crippen MR) is 118 cm³/mol. The average molecular weight is 426 g/mol. The van der Waals surface area contributed by atoms with Gasteiger partial charge in [-0.25, -0.2) is 0 Å². The molecule has 1 aromatic carbocycles. The molecule has 156 valence electrons. The summed E-state index contributed by atoms with van der Waals surface area (Å²) in [6.45, 7) is 10.5. The summed E-state index contributed by atoms with van der Waals surface area (Å²) >= 11 is 1.64. The van der Waals surface area contributed by atoms with Crippen LogP contribution in [0.4, 0.5) is 0 Å². The number of hydrogen-bond donors (Lipinski definition) is 2. The van der Waals surface area contributed by atoms with Crippen LogP contribution in [0.3, 0.4) is 0 Å². The van der Waals surface area contributed by atoms with Gasteiger partial charge in [0.1, 0.15) is 6.04 Å². The van der Waals surface area contributed by atoms with Gasteiger partial charge < -0.3 is 15.5 Å². The summed E-state index contributed by atoms with van der Waals surface area (Å²) in [5.74, 6) is 1.57. The Bertz CT molecular complexity index is 690. The van der Waals surface area contributed by atoms with Crippen LogP contribution in [0.5, 0.6) is 0 Å². The summed E-state index contributed by atoms with van der Waals surface area (Å²) in [7, 11) is 0. The van der Waals surface area contributed by atoms with Crippen molar-refractivity contribution in [3.8, 4) is 0 Å². The minimum absolute atomic E-state index is 0. The van der Waals surface area contributed by atoms with Crippen molar-refractivity contribution in [1.29, 1.82) is 0 Å². The largest absolute Gasteiger partial charge is 0.351 e. The highest BCUT2D eigenvalue weighted by Gasteiger charge is 2.36. The third kappa shape index (κ3) is 5.22. The minimum Gasteiger partial charge on any atom is -0.351 e. The Morgan fingerprint density at radius 1 is 1.21 bits per heavy atom. The second kappa shape index (κ2) is 9.51. The Labute approximate surface area is 178 Å². The molecule has 7 heteroatoms. The van der Waals surface area contributed by atoms with E-state index in [1.807, 2.05) is 24.3 Å². The van der Waals surface area contributed by atoms with Crippen LogP contribution in [0.2, 0.25) is 0 Å². The lowest BCUT2D eigenvalue weighted by Crippen LogP contribution is -2.54. The molecule has 0 aromatic heterocycles. The standard InChI is InChI=1S/C21H31N3O2S.ClH/c1-14-11-22-10-9-17(14)23-19(25)18-12-27-13-24(18)20(26)15-5-7-16(8-6-15)21(2,3)4;/h5-8,14,17-18,22H,9-13H2,1-4H3,(H,23,25);1H. The van der Waals surface area contributed by atoms with Crippen molar-refractivity contribution in [3.05, 3.63) is 35.4 Å². The van der Waals surface area contributed by atoms with Gasteiger partial charge in [-0.05, 0) is 48.5 Å². The fourth-order valence-electron chi connectivity index (χ4n) is 3.65. The quantitative estimate of drug-likeness (QED) is 0.781. The number of carbonyl (C=O) groups excluding carboxylic acids is 2. The molecule has 0 bridgehead atoms. The molecule has 3 atom stereocenters. The van der Waals surface area contributed by atoms with Crippen molar-refractivity contribution in [2.24, 2.45) is 5.92 Å². The van der Waals surface area contributed by atoms with Crippen molar-refractivity contribution >= 4 is 36.0 Å². The number of thioether (sulfide) groups is 1. The van der Waals surface area contributed by atoms with E-state index in [0.717, 1.165) is 19.5 Å². The van der Waals surface area contributed by atoms with E-state index in [9.17, 15) is 9.59 Å². The van der Waals surface area contributed by atoms with Crippen molar-refractivity contribution < 1.29 is 9.59 Å². The van der Waals surface area contributed by atoms with E-state index in [2.05, 4.69) is 38.3 Å². The van der Waals surface area contributed by atoms with Gasteiger partial charge in [-0.2, -0.15) is 0 Å². The highest BCUT2D eigenvalue weighted by atomic mass is 35.5. The molecule has 5 nitrogen and oxygen atoms in total. The van der Waals surface area contributed by atoms with Crippen molar-refractivity contribution in [3.63, 3.8) is 0 Å². The van der Waals surface area contributed by atoms with Gasteiger partial charge in [0.25, 0.3) is 5.91 Å². The summed E-state index contributed by atoms with van der Waals surface area (Å²) in [6.07, 6.45) is 0.939. The maximum absolute atomic E-state index is 13.0. The fraction of sp³-hybridized carbons (Fsp3) is 0.619. The second-order valence-corrected chi connectivity index (χ2v) is 9.70. The molecule has 2 aliphatic heterocycles. The number of rotatable bonds is 3. The summed E-state index contributed by atoms with van der Waals surface area (Å²) < 4.78 is 0. The number of benzene rings is 1. The molecule has 0 aliphatic carbocycles. The Balaban J connectivity index is 0.00000280. The number of nitrogens with zero attached hydrogens (tertiary/aromatic N) is 1. The smallest absolute Gasteiger partial charge is 0.255 e. The summed E-state index contributed by atoms with van der Waals surface area (Å²) in [6, 6.07) is 7.61. The molecule has 0 saturated carbocycles. The molecule has 2 heterocycles. The molecule has 0 radical (unpaired) electrons. The third-order valence-electron chi connectivity index (χ3n) is 5.56. The number of halogens is 1. The maximum atomic E-state index is 13.0. The lowest BCUT2D eigenvalue weighted by molar-refractivity contribution is -0.125. The molecule has 2 saturated heterocycles. The van der Waals surface area contributed by atoms with Crippen LogP contribution in [0.25, 0.3) is 0 Å². The molecular formula is C21H32ClN3O2S. The van der Waals surface area contributed by atoms with Gasteiger partial charge in [-0.1, -0.05) is 39.8 Å². The molecule has 2 amide bonds. The van der Waals surface area contributed by atoms with E-state index < -0.39 is 0 Å². The maximum Gasteiger partial charge on any atom is 0.255 e. The molecule has 2 aliphatic rings. The molecule has 3 rings (SSSR count). The van der Waals surface area contributed by atoms with Gasteiger partial charge in [0.15, 0.2) is 0 Å². The van der Waals surface area contributed by atoms with Crippen molar-refractivity contribution in [2.45, 2.75) is 51.6 Å². The Kier molecular flexibility index (Phi) is 7.82. The van der Waals surface area contributed by atoms with E-state index in [0.29, 0.717) is 23.1 Å². The first kappa shape index (κ1) is 23.0. The highest BCUT2D eigenvalue weighted by Crippen LogP contribution is 2.26. The molecule has 2 fully saturated rings. The average Bonchev–Trinajstić information content (AvgIpc) is 3.12. The first-order valence-corrected chi connectivity index (χ1v) is 10.9. The lowest BCUT2D eigenvalue weighted by Gasteiger charge is -2.32. The Morgan fingerprint density at radius 3 is 2.50 bits per heavy atom. The Morgan fingerprint density at radius 2 is 1.89 bits per heavy atom. The van der Waals surface area contributed by atoms with E-state index in [1.54, 1.807) is 16.7 Å². The Hall–Kier alpha value is -1.24. The fourth-order valence-corrected chi connectivity index (χ4v) is 4.80. The van der Waals surface area contributed by atoms with Crippen LogP contribution in [-0.2, 0) is 10.2 Å². The normalized spacial score (nSPS) is 25.1. The van der Waals surface area contributed by atoms with Crippen LogP contribution in [-0.4, -0.2) is 53.5 Å². The van der Waals surface area contributed by atoms with E-state index in [1.165, 1.54) is 5.56 Å². The zero-order chi connectivity index (χ0) is 19.6. The lowest BCUT2D eigenvalue weighted by atomic mass is 9.86. The molecule has 3 unspecified atom stereocenters. The van der Waals surface area contributed by atoms with Gasteiger partial charge in [0.2, 0.25) is 5.91 Å². The SMILES string of the molecule is CC1CNCCC1NC(=O)C1CSCN1C(=O)c1ccc(C(C)(C)C)cc1.Cl. The molecule has 0 spiro atoms. The van der Waals surface area contributed by atoms with E-state index in [4.69, 9.17) is 0 Å². The third-order valence-corrected chi connectivity index (χ3v) is 6.57. The summed E-state index contributed by atoms with van der Waals surface area (Å²) in [4.78, 5) is 27.6. The first-order valence-electron chi connectivity index (χ1n) is 9.77. The van der Waals surface area contributed by atoms with Gasteiger partial charge >= 0.3 is 0 Å². The second-order valence-electron chi connectivity index (χ2n) is 8.70. The monoisotopic (exact) mass is 425 g/mol. The van der Waals surface area contributed by atoms with Crippen LogP contribution in [0.15, 0.2) is 24.3 Å². The predicted octanol–water partition coefficient (Wildman–Crippen LogP) is 3.04. The highest BCUT2D eigenvalue weighted by molar-refractivity contribution is 7.99. The zero-order valence-corrected chi connectivity index (χ0v) is 18.8. The molecule has 28 heavy (non-hydrogen) atoms. The summed E-state index contributed by atoms with van der Waals surface area (Å²) in [5, 5.41) is 6.54. The van der Waals surface area contributed by atoms with Crippen molar-refractivity contribution in [2.75, 3.05) is 24.7 Å². The van der Waals surface area contributed by atoms with E-state index in [-0.39, 0.29) is 41.7 Å². The zero-order valence-electron chi connectivity index (χ0n) is 17.2. The van der Waals surface area contributed by atoms with Crippen LogP contribution >= 0.6 is 24.2 Å². The first-order chi connectivity index (χ1) is 12.8. The summed E-state index contributed by atoms with van der Waals surface area (Å²) in [5.41, 5.74) is 1.90. The minimum atomic E-state index is -0.383. The topological polar surface area (TPSA) is 61.4 Å². The van der Waals surface area contributed by atoms with Crippen molar-refractivity contribution in [1.82, 2.24) is 15.5 Å². The molecule has 1 aromatic rings. The van der Waals surface area contributed by atoms with E-state index >= 15 is 0 Å². The number of nitrogens with one attached hydrogen (secondary N) is 2. The van der Waals surface area contributed by atoms with Gasteiger partial charge in [0.05, 0.1) is 5.88 Å². The molecular weight excluding hydrogens is 394 g/mol. The number of hydrogen-bond acceptors (Lipinski definition) is 4. The van der Waals surface area contributed by atoms with Crippen LogP contribution in [0.1, 0.15) is 50.0 Å². The van der Waals surface area contributed by atoms with Crippen LogP contribution < -0.4 is 10.6 Å². The van der Waals surface area contributed by atoms with Gasteiger partial charge in [0, 0.05) is 17.4 Å².